The largest absolute Gasteiger partial charge is 0.346 e. The number of nitrogens with one attached hydrogen (secondary N) is 1. The fourth-order valence-corrected chi connectivity index (χ4v) is 3.66. The summed E-state index contributed by atoms with van der Waals surface area (Å²) in [5.74, 6) is -0.357. The number of urea groups is 1. The molecule has 1 unspecified atom stereocenters. The molecule has 0 spiro atoms. The topological polar surface area (TPSA) is 79.6 Å². The molecule has 142 valence electrons. The molecule has 0 radical (unpaired) electrons. The van der Waals surface area contributed by atoms with Crippen LogP contribution in [-0.2, 0) is 4.79 Å². The van der Waals surface area contributed by atoms with E-state index >= 15 is 0 Å². The number of carbonyl (C=O) groups is 2. The monoisotopic (exact) mass is 393 g/mol. The van der Waals surface area contributed by atoms with Crippen molar-refractivity contribution in [3.8, 4) is 16.3 Å². The van der Waals surface area contributed by atoms with E-state index < -0.39 is 11.6 Å². The second-order valence-electron chi connectivity index (χ2n) is 6.67. The number of nitrogens with zero attached hydrogens (tertiary/aromatic N) is 4. The molecule has 1 atom stereocenters. The number of hydrazone groups is 1. The highest BCUT2D eigenvalue weighted by molar-refractivity contribution is 7.13. The zero-order valence-corrected chi connectivity index (χ0v) is 16.3. The zero-order chi connectivity index (χ0) is 19.7. The van der Waals surface area contributed by atoms with Crippen LogP contribution in [0.25, 0.3) is 16.3 Å². The van der Waals surface area contributed by atoms with Crippen molar-refractivity contribution in [2.75, 3.05) is 0 Å². The quantitative estimate of drug-likeness (QED) is 0.531. The van der Waals surface area contributed by atoms with Gasteiger partial charge in [-0.05, 0) is 36.9 Å². The highest BCUT2D eigenvalue weighted by atomic mass is 32.1. The Morgan fingerprint density at radius 1 is 1.21 bits per heavy atom. The molecule has 7 nitrogen and oxygen atoms in total. The summed E-state index contributed by atoms with van der Waals surface area (Å²) in [5.41, 5.74) is 1.46. The predicted molar refractivity (Wildman–Crippen MR) is 109 cm³/mol. The van der Waals surface area contributed by atoms with Crippen LogP contribution in [0.1, 0.15) is 25.8 Å². The van der Waals surface area contributed by atoms with Crippen LogP contribution < -0.4 is 5.32 Å². The van der Waals surface area contributed by atoms with Gasteiger partial charge in [-0.3, -0.25) is 4.79 Å². The van der Waals surface area contributed by atoms with Gasteiger partial charge in [0.25, 0.3) is 5.91 Å². The zero-order valence-electron chi connectivity index (χ0n) is 15.5. The second-order valence-corrected chi connectivity index (χ2v) is 7.62. The molecule has 3 amide bonds. The highest BCUT2D eigenvalue weighted by Gasteiger charge is 2.46. The SMILES string of the molecule is CCC1(C)NC(=O)N(N=Cc2cn(-c3ccccc3)nc2-c2cccs2)C1=O. The van der Waals surface area contributed by atoms with Crippen LogP contribution >= 0.6 is 11.3 Å². The van der Waals surface area contributed by atoms with E-state index in [0.29, 0.717) is 6.42 Å². The van der Waals surface area contributed by atoms with Crippen LogP contribution in [0.4, 0.5) is 4.79 Å². The molecule has 3 heterocycles. The average Bonchev–Trinajstić information content (AvgIpc) is 3.41. The Kier molecular flexibility index (Phi) is 4.56. The molecule has 1 aliphatic heterocycles. The van der Waals surface area contributed by atoms with Gasteiger partial charge in [-0.2, -0.15) is 10.2 Å². The summed E-state index contributed by atoms with van der Waals surface area (Å²) in [6.07, 6.45) is 3.85. The molecular formula is C20H19N5O2S. The van der Waals surface area contributed by atoms with Crippen LogP contribution in [0, 0.1) is 0 Å². The first kappa shape index (κ1) is 18.1. The Hall–Kier alpha value is -3.26. The lowest BCUT2D eigenvalue weighted by Crippen LogP contribution is -2.42. The molecule has 0 bridgehead atoms. The molecule has 2 aromatic heterocycles. The normalized spacial score (nSPS) is 19.6. The molecule has 28 heavy (non-hydrogen) atoms. The van der Waals surface area contributed by atoms with Crippen LogP contribution in [0.3, 0.4) is 0 Å². The molecule has 3 aromatic rings. The van der Waals surface area contributed by atoms with Crippen LogP contribution in [0.2, 0.25) is 0 Å². The standard InChI is InChI=1S/C20H19N5O2S/c1-3-20(2)18(26)25(19(27)22-20)21-12-14-13-24(15-8-5-4-6-9-15)23-17(14)16-10-7-11-28-16/h4-13H,3H2,1-2H3,(H,22,27). The number of imide groups is 1. The maximum Gasteiger partial charge on any atom is 0.346 e. The van der Waals surface area contributed by atoms with E-state index in [2.05, 4.69) is 15.5 Å². The average molecular weight is 393 g/mol. The van der Waals surface area contributed by atoms with Gasteiger partial charge in [-0.25, -0.2) is 9.48 Å². The van der Waals surface area contributed by atoms with Crippen molar-refractivity contribution < 1.29 is 9.59 Å². The number of para-hydroxylation sites is 1. The number of rotatable bonds is 5. The van der Waals surface area contributed by atoms with Crippen molar-refractivity contribution in [2.24, 2.45) is 5.10 Å². The Bertz CT molecular complexity index is 1040. The minimum absolute atomic E-state index is 0.357. The van der Waals surface area contributed by atoms with Crippen molar-refractivity contribution in [1.29, 1.82) is 0 Å². The molecule has 1 fully saturated rings. The number of aromatic nitrogens is 2. The molecular weight excluding hydrogens is 374 g/mol. The first-order chi connectivity index (χ1) is 13.5. The van der Waals surface area contributed by atoms with Gasteiger partial charge < -0.3 is 5.32 Å². The van der Waals surface area contributed by atoms with E-state index in [1.54, 1.807) is 22.9 Å². The fourth-order valence-electron chi connectivity index (χ4n) is 2.93. The number of carbonyl (C=O) groups excluding carboxylic acids is 2. The van der Waals surface area contributed by atoms with E-state index in [-0.39, 0.29) is 5.91 Å². The lowest BCUT2D eigenvalue weighted by molar-refractivity contribution is -0.130. The predicted octanol–water partition coefficient (Wildman–Crippen LogP) is 3.66. The first-order valence-corrected chi connectivity index (χ1v) is 9.79. The van der Waals surface area contributed by atoms with Gasteiger partial charge in [-0.1, -0.05) is 31.2 Å². The first-order valence-electron chi connectivity index (χ1n) is 8.91. The minimum atomic E-state index is -0.917. The van der Waals surface area contributed by atoms with Gasteiger partial charge in [0.15, 0.2) is 0 Å². The summed E-state index contributed by atoms with van der Waals surface area (Å²) < 4.78 is 1.76. The number of amides is 3. The van der Waals surface area contributed by atoms with Gasteiger partial charge in [0.05, 0.1) is 16.8 Å². The summed E-state index contributed by atoms with van der Waals surface area (Å²) in [6, 6.07) is 13.1. The van der Waals surface area contributed by atoms with E-state index in [1.807, 2.05) is 61.0 Å². The Morgan fingerprint density at radius 3 is 2.64 bits per heavy atom. The van der Waals surface area contributed by atoms with E-state index in [9.17, 15) is 9.59 Å². The van der Waals surface area contributed by atoms with Crippen molar-refractivity contribution in [3.63, 3.8) is 0 Å². The second kappa shape index (κ2) is 7.05. The Morgan fingerprint density at radius 2 is 2.00 bits per heavy atom. The van der Waals surface area contributed by atoms with Crippen molar-refractivity contribution in [1.82, 2.24) is 20.1 Å². The number of benzene rings is 1. The molecule has 4 rings (SSSR count). The summed E-state index contributed by atoms with van der Waals surface area (Å²) in [5, 5.41) is 14.4. The molecule has 8 heteroatoms. The molecule has 1 N–H and O–H groups in total. The summed E-state index contributed by atoms with van der Waals surface area (Å²) in [4.78, 5) is 25.7. The van der Waals surface area contributed by atoms with E-state index in [0.717, 1.165) is 26.8 Å². The summed E-state index contributed by atoms with van der Waals surface area (Å²) in [6.45, 7) is 3.55. The number of thiophene rings is 1. The molecule has 1 aromatic carbocycles. The van der Waals surface area contributed by atoms with Gasteiger partial charge in [0.2, 0.25) is 0 Å². The van der Waals surface area contributed by atoms with E-state index in [4.69, 9.17) is 0 Å². The third kappa shape index (κ3) is 3.11. The summed E-state index contributed by atoms with van der Waals surface area (Å²) >= 11 is 1.56. The van der Waals surface area contributed by atoms with Crippen molar-refractivity contribution in [3.05, 3.63) is 59.6 Å². The number of hydrogen-bond donors (Lipinski definition) is 1. The third-order valence-corrected chi connectivity index (χ3v) is 5.65. The van der Waals surface area contributed by atoms with E-state index in [1.165, 1.54) is 6.21 Å². The van der Waals surface area contributed by atoms with Gasteiger partial charge in [0.1, 0.15) is 11.2 Å². The number of hydrogen-bond acceptors (Lipinski definition) is 5. The Balaban J connectivity index is 1.71. The Labute approximate surface area is 166 Å². The maximum atomic E-state index is 12.5. The maximum absolute atomic E-state index is 12.5. The van der Waals surface area contributed by atoms with Crippen LogP contribution in [0.5, 0.6) is 0 Å². The van der Waals surface area contributed by atoms with Crippen LogP contribution in [-0.4, -0.2) is 38.5 Å². The minimum Gasteiger partial charge on any atom is -0.322 e. The molecule has 1 aliphatic rings. The van der Waals surface area contributed by atoms with Crippen molar-refractivity contribution >= 4 is 29.5 Å². The summed E-state index contributed by atoms with van der Waals surface area (Å²) in [7, 11) is 0. The lowest BCUT2D eigenvalue weighted by atomic mass is 10.00. The molecule has 0 saturated carbocycles. The van der Waals surface area contributed by atoms with Gasteiger partial charge in [0, 0.05) is 11.8 Å². The molecule has 1 saturated heterocycles. The lowest BCUT2D eigenvalue weighted by Gasteiger charge is -2.17. The fraction of sp³-hybridized carbons (Fsp3) is 0.200. The van der Waals surface area contributed by atoms with Crippen LogP contribution in [0.15, 0.2) is 59.1 Å². The highest BCUT2D eigenvalue weighted by Crippen LogP contribution is 2.27. The molecule has 0 aliphatic carbocycles. The van der Waals surface area contributed by atoms with Crippen molar-refractivity contribution in [2.45, 2.75) is 25.8 Å². The smallest absolute Gasteiger partial charge is 0.322 e. The third-order valence-electron chi connectivity index (χ3n) is 4.78. The van der Waals surface area contributed by atoms with Gasteiger partial charge >= 0.3 is 6.03 Å². The van der Waals surface area contributed by atoms with Gasteiger partial charge in [-0.15, -0.1) is 16.3 Å².